The van der Waals surface area contributed by atoms with Gasteiger partial charge in [-0.25, -0.2) is 0 Å². The predicted octanol–water partition coefficient (Wildman–Crippen LogP) is 0.0120. The van der Waals surface area contributed by atoms with Gasteiger partial charge in [0.15, 0.2) is 0 Å². The third-order valence-electron chi connectivity index (χ3n) is 0.349. The van der Waals surface area contributed by atoms with Crippen LogP contribution in [0.1, 0.15) is 0 Å². The summed E-state index contributed by atoms with van der Waals surface area (Å²) in [5.74, 6) is 0. The molecule has 0 radical (unpaired) electrons. The minimum atomic E-state index is 0. The molecule has 46 valence electrons. The van der Waals surface area contributed by atoms with Gasteiger partial charge in [-0.3, -0.25) is 0 Å². The maximum absolute atomic E-state index is 4.66. The molecule has 0 N–H and O–H groups in total. The molecule has 0 bridgehead atoms. The Bertz CT molecular complexity index is 68.8. The molecule has 0 atom stereocenters. The monoisotopic (exact) mass is 284 g/mol. The molecule has 0 saturated carbocycles. The van der Waals surface area contributed by atoms with Crippen molar-refractivity contribution in [3.63, 3.8) is 0 Å². The van der Waals surface area contributed by atoms with Crippen molar-refractivity contribution in [1.82, 2.24) is 0 Å². The zero-order chi connectivity index (χ0) is 5.70. The Hall–Kier alpha value is 0.158. The molecule has 3 heteroatoms. The van der Waals surface area contributed by atoms with Crippen LogP contribution < -0.4 is 0 Å². The average molecular weight is 284 g/mol. The van der Waals surface area contributed by atoms with Gasteiger partial charge in [-0.1, -0.05) is 6.61 Å². The van der Waals surface area contributed by atoms with E-state index in [-0.39, 0.29) is 21.1 Å². The van der Waals surface area contributed by atoms with Crippen LogP contribution in [0.15, 0.2) is 0 Å². The Morgan fingerprint density at radius 2 is 2.12 bits per heavy atom. The quantitative estimate of drug-likeness (QED) is 0.301. The topological polar surface area (TPSA) is 12.2 Å². The number of nitrogens with zero attached hydrogens (tertiary/aromatic N) is 1. The summed E-state index contributed by atoms with van der Waals surface area (Å²) in [5.41, 5.74) is 0. The molecule has 0 heterocycles. The Balaban J connectivity index is 0. The summed E-state index contributed by atoms with van der Waals surface area (Å²) in [6, 6.07) is 0. The minimum absolute atomic E-state index is 0. The Kier molecular flexibility index (Phi) is 9.86. The molecule has 0 unspecified atom stereocenters. The molecule has 0 aromatic carbocycles. The van der Waals surface area contributed by atoms with Crippen LogP contribution in [0.4, 0.5) is 0 Å². The van der Waals surface area contributed by atoms with Crippen LogP contribution in [0, 0.1) is 6.92 Å². The van der Waals surface area contributed by atoms with Crippen LogP contribution in [-0.2, 0) is 25.8 Å². The first-order chi connectivity index (χ1) is 3.27. The summed E-state index contributed by atoms with van der Waals surface area (Å²) in [6.07, 6.45) is 2.57. The second kappa shape index (κ2) is 7.16. The molecule has 0 aliphatic rings. The summed E-state index contributed by atoms with van der Waals surface area (Å²) in [6.45, 7) is 3.89. The Morgan fingerprint density at radius 1 is 1.62 bits per heavy atom. The van der Waals surface area contributed by atoms with E-state index in [1.165, 1.54) is 0 Å². The molecule has 0 rings (SSSR count). The van der Waals surface area contributed by atoms with Gasteiger partial charge in [0.1, 0.15) is 14.1 Å². The summed E-state index contributed by atoms with van der Waals surface area (Å²) in [7, 11) is 3.69. The van der Waals surface area contributed by atoms with Gasteiger partial charge in [0, 0.05) is 0 Å². The van der Waals surface area contributed by atoms with Gasteiger partial charge in [-0.05, 0) is 6.40 Å². The normalized spacial score (nSPS) is 6.88. The first-order valence-corrected chi connectivity index (χ1v) is 2.11. The standard InChI is InChI=1S/C5H10NO.W/c1-4-7-5-6(2)3;/h1,4H2,2-3H3;/q-1;+2. The predicted molar refractivity (Wildman–Crippen MR) is 28.4 cm³/mol. The van der Waals surface area contributed by atoms with E-state index in [4.69, 9.17) is 0 Å². The summed E-state index contributed by atoms with van der Waals surface area (Å²) in [5, 5.41) is 0. The third-order valence-corrected chi connectivity index (χ3v) is 0.349. The maximum atomic E-state index is 4.66. The molecule has 0 amide bonds. The SMILES string of the molecule is [CH2-]CO[C-]=[N+](C)C.[W+2]. The molecule has 0 aromatic heterocycles. The van der Waals surface area contributed by atoms with Crippen LogP contribution in [0.25, 0.3) is 0 Å². The van der Waals surface area contributed by atoms with Crippen LogP contribution in [0.5, 0.6) is 0 Å². The Morgan fingerprint density at radius 3 is 2.25 bits per heavy atom. The molecule has 0 saturated heterocycles. The summed E-state index contributed by atoms with van der Waals surface area (Å²) < 4.78 is 6.36. The molecule has 0 aliphatic heterocycles. The molecule has 0 fully saturated rings. The van der Waals surface area contributed by atoms with Crippen molar-refractivity contribution in [1.29, 1.82) is 0 Å². The molecular weight excluding hydrogens is 274 g/mol. The first kappa shape index (κ1) is 11.0. The van der Waals surface area contributed by atoms with Gasteiger partial charge in [0.05, 0.1) is 0 Å². The summed E-state index contributed by atoms with van der Waals surface area (Å²) >= 11 is 0. The fourth-order valence-corrected chi connectivity index (χ4v) is 0.175. The number of ether oxygens (including phenoxy) is 1. The molecule has 0 spiro atoms. The number of hydrogen-bond donors (Lipinski definition) is 0. The van der Waals surface area contributed by atoms with Crippen molar-refractivity contribution in [3.05, 3.63) is 6.92 Å². The van der Waals surface area contributed by atoms with Crippen molar-refractivity contribution in [3.8, 4) is 0 Å². The van der Waals surface area contributed by atoms with E-state index < -0.39 is 0 Å². The first-order valence-electron chi connectivity index (χ1n) is 2.11. The maximum Gasteiger partial charge on any atom is 2.00 e. The van der Waals surface area contributed by atoms with Gasteiger partial charge in [0.25, 0.3) is 0 Å². The van der Waals surface area contributed by atoms with Crippen LogP contribution in [-0.4, -0.2) is 31.7 Å². The van der Waals surface area contributed by atoms with E-state index in [9.17, 15) is 0 Å². The molecule has 0 aliphatic carbocycles. The van der Waals surface area contributed by atoms with E-state index >= 15 is 0 Å². The van der Waals surface area contributed by atoms with Gasteiger partial charge < -0.3 is 16.2 Å². The average Bonchev–Trinajstić information content (AvgIpc) is 1.61. The summed E-state index contributed by atoms with van der Waals surface area (Å²) in [4.78, 5) is 0. The van der Waals surface area contributed by atoms with Crippen molar-refractivity contribution in [2.24, 2.45) is 0 Å². The van der Waals surface area contributed by atoms with Gasteiger partial charge >= 0.3 is 21.1 Å². The molecule has 2 nitrogen and oxygen atoms in total. The van der Waals surface area contributed by atoms with Crippen LogP contribution in [0.3, 0.4) is 0 Å². The molecular formula is C5H10NOW+. The van der Waals surface area contributed by atoms with E-state index in [0.29, 0.717) is 6.61 Å². The van der Waals surface area contributed by atoms with Crippen molar-refractivity contribution < 1.29 is 30.4 Å². The second-order valence-electron chi connectivity index (χ2n) is 1.33. The van der Waals surface area contributed by atoms with E-state index in [0.717, 1.165) is 0 Å². The van der Waals surface area contributed by atoms with Crippen molar-refractivity contribution >= 4 is 6.40 Å². The zero-order valence-corrected chi connectivity index (χ0v) is 8.11. The zero-order valence-electron chi connectivity index (χ0n) is 5.18. The van der Waals surface area contributed by atoms with Gasteiger partial charge in [-0.15, -0.1) is 0 Å². The van der Waals surface area contributed by atoms with E-state index in [1.807, 2.05) is 14.1 Å². The van der Waals surface area contributed by atoms with E-state index in [2.05, 4.69) is 18.1 Å². The minimum Gasteiger partial charge on any atom is -0.656 e. The van der Waals surface area contributed by atoms with Crippen LogP contribution in [0.2, 0.25) is 0 Å². The smallest absolute Gasteiger partial charge is 0.656 e. The van der Waals surface area contributed by atoms with Crippen molar-refractivity contribution in [2.75, 3.05) is 20.7 Å². The molecule has 8 heavy (non-hydrogen) atoms. The number of rotatable bonds is 2. The Labute approximate surface area is 64.8 Å². The van der Waals surface area contributed by atoms with Gasteiger partial charge in [-0.2, -0.15) is 0 Å². The fourth-order valence-electron chi connectivity index (χ4n) is 0.175. The molecule has 0 aromatic rings. The third kappa shape index (κ3) is 9.48. The second-order valence-corrected chi connectivity index (χ2v) is 1.33. The van der Waals surface area contributed by atoms with Crippen molar-refractivity contribution in [2.45, 2.75) is 0 Å². The van der Waals surface area contributed by atoms with Crippen LogP contribution >= 0.6 is 0 Å². The van der Waals surface area contributed by atoms with Gasteiger partial charge in [0.2, 0.25) is 0 Å². The number of hydrogen-bond acceptors (Lipinski definition) is 1. The fraction of sp³-hybridized carbons (Fsp3) is 0.600. The van der Waals surface area contributed by atoms with E-state index in [1.54, 1.807) is 4.58 Å². The largest absolute Gasteiger partial charge is 2.00 e.